The fourth-order valence-corrected chi connectivity index (χ4v) is 2.17. The Kier molecular flexibility index (Phi) is 5.62. The van der Waals surface area contributed by atoms with Gasteiger partial charge in [0, 0.05) is 0 Å². The van der Waals surface area contributed by atoms with E-state index in [4.69, 9.17) is 19.5 Å². The minimum absolute atomic E-state index is 0.589. The third kappa shape index (κ3) is 3.45. The van der Waals surface area contributed by atoms with Crippen LogP contribution in [0, 0.1) is 0 Å². The van der Waals surface area contributed by atoms with Gasteiger partial charge in [-0.3, -0.25) is 14.2 Å². The number of phosphoric acid groups is 1. The highest BCUT2D eigenvalue weighted by Crippen LogP contribution is 2.44. The van der Waals surface area contributed by atoms with E-state index in [9.17, 15) is 14.8 Å². The van der Waals surface area contributed by atoms with E-state index in [2.05, 4.69) is 15.0 Å². The van der Waals surface area contributed by atoms with Crippen LogP contribution in [0.25, 0.3) is 0 Å². The second-order valence-electron chi connectivity index (χ2n) is 3.61. The average molecular weight is 290 g/mol. The summed E-state index contributed by atoms with van der Waals surface area (Å²) in [5, 5.41) is 28.5. The summed E-state index contributed by atoms with van der Waals surface area (Å²) in [5.41, 5.74) is 0. The van der Waals surface area contributed by atoms with E-state index >= 15 is 0 Å². The van der Waals surface area contributed by atoms with Crippen molar-refractivity contribution >= 4 is 7.82 Å². The Bertz CT molecular complexity index is 299. The maximum Gasteiger partial charge on any atom is 0.518 e. The number of quaternary nitrogens is 1. The molecule has 0 aromatic carbocycles. The lowest BCUT2D eigenvalue weighted by atomic mass is 9.99. The number of phosphoric ester groups is 1. The molecule has 1 unspecified atom stereocenters. The normalized spacial score (nSPS) is 40.4. The van der Waals surface area contributed by atoms with E-state index < -0.39 is 45.1 Å². The van der Waals surface area contributed by atoms with Gasteiger partial charge < -0.3 is 15.3 Å². The van der Waals surface area contributed by atoms with Crippen LogP contribution in [0.5, 0.6) is 0 Å². The van der Waals surface area contributed by atoms with Crippen molar-refractivity contribution in [2.75, 3.05) is 13.7 Å². The lowest BCUT2D eigenvalue weighted by Crippen LogP contribution is -2.60. The first-order valence-electron chi connectivity index (χ1n) is 4.96. The highest BCUT2D eigenvalue weighted by atomic mass is 31.2. The molecule has 0 spiro atoms. The maximum absolute atomic E-state index is 11.2. The zero-order valence-corrected chi connectivity index (χ0v) is 10.5. The highest BCUT2D eigenvalue weighted by Gasteiger charge is 2.53. The number of ether oxygens (including phenoxy) is 2. The van der Waals surface area contributed by atoms with Crippen molar-refractivity contribution in [3.8, 4) is 0 Å². The van der Waals surface area contributed by atoms with Gasteiger partial charge in [-0.05, 0) is 0 Å². The van der Waals surface area contributed by atoms with Crippen LogP contribution < -0.4 is 5.90 Å². The molecule has 10 nitrogen and oxygen atoms in total. The molecule has 6 atom stereocenters. The molecule has 7 N–H and O–H groups in total. The van der Waals surface area contributed by atoms with Crippen LogP contribution in [0.15, 0.2) is 0 Å². The number of hydrogen-bond acceptors (Lipinski definition) is 8. The van der Waals surface area contributed by atoms with Crippen LogP contribution in [0.1, 0.15) is 0 Å². The molecule has 1 aliphatic heterocycles. The topological polar surface area (TPSA) is 165 Å². The average Bonchev–Trinajstić information content (AvgIpc) is 2.35. The van der Waals surface area contributed by atoms with Crippen LogP contribution in [-0.2, 0) is 23.2 Å². The lowest BCUT2D eigenvalue weighted by molar-refractivity contribution is -0.643. The molecule has 1 radical (unpaired) electrons. The number of methoxy groups -OCH3 is 1. The van der Waals surface area contributed by atoms with E-state index in [1.54, 1.807) is 0 Å². The lowest BCUT2D eigenvalue weighted by Gasteiger charge is -2.36. The van der Waals surface area contributed by atoms with E-state index in [1.165, 1.54) is 7.11 Å². The first-order chi connectivity index (χ1) is 8.36. The van der Waals surface area contributed by atoms with E-state index in [1.807, 2.05) is 0 Å². The fourth-order valence-electron chi connectivity index (χ4n) is 1.56. The third-order valence-electron chi connectivity index (χ3n) is 2.47. The zero-order valence-electron chi connectivity index (χ0n) is 9.58. The van der Waals surface area contributed by atoms with Crippen molar-refractivity contribution in [2.45, 2.75) is 30.7 Å². The molecular formula is C7H17NO9P+2. The monoisotopic (exact) mass is 290 g/mol. The summed E-state index contributed by atoms with van der Waals surface area (Å²) >= 11 is 0. The van der Waals surface area contributed by atoms with E-state index in [-0.39, 0.29) is 0 Å². The van der Waals surface area contributed by atoms with Gasteiger partial charge in [-0.25, -0.2) is 10.5 Å². The summed E-state index contributed by atoms with van der Waals surface area (Å²) in [7, 11) is -3.30. The van der Waals surface area contributed by atoms with E-state index in [0.29, 0.717) is 0 Å². The molecule has 1 saturated heterocycles. The van der Waals surface area contributed by atoms with Crippen molar-refractivity contribution in [3.05, 3.63) is 0 Å². The van der Waals surface area contributed by atoms with Gasteiger partial charge in [0.25, 0.3) is 0 Å². The van der Waals surface area contributed by atoms with Crippen molar-refractivity contribution < 1.29 is 49.3 Å². The Labute approximate surface area is 102 Å². The summed E-state index contributed by atoms with van der Waals surface area (Å²) in [6, 6.07) is 0. The Morgan fingerprint density at radius 2 is 2.06 bits per heavy atom. The van der Waals surface area contributed by atoms with Gasteiger partial charge in [-0.2, -0.15) is 0 Å². The van der Waals surface area contributed by atoms with Crippen LogP contribution >= 0.6 is 7.82 Å². The van der Waals surface area contributed by atoms with Gasteiger partial charge in [-0.1, -0.05) is 4.62 Å². The second-order valence-corrected chi connectivity index (χ2v) is 5.02. The van der Waals surface area contributed by atoms with E-state index in [0.717, 1.165) is 0 Å². The van der Waals surface area contributed by atoms with Crippen molar-refractivity contribution in [1.29, 1.82) is 0 Å². The van der Waals surface area contributed by atoms with Gasteiger partial charge in [0.1, 0.15) is 18.3 Å². The molecule has 1 heterocycles. The smallest absolute Gasteiger partial charge is 0.394 e. The number of aliphatic hydroxyl groups excluding tert-OH is 3. The zero-order chi connectivity index (χ0) is 13.9. The molecule has 0 aliphatic carbocycles. The molecule has 0 amide bonds. The Hall–Kier alpha value is -0.130. The summed E-state index contributed by atoms with van der Waals surface area (Å²) in [6.45, 7) is -0.589. The quantitative estimate of drug-likeness (QED) is 0.198. The first-order valence-corrected chi connectivity index (χ1v) is 6.46. The predicted octanol–water partition coefficient (Wildman–Crippen LogP) is -3.27. The third-order valence-corrected chi connectivity index (χ3v) is 3.31. The van der Waals surface area contributed by atoms with Crippen LogP contribution in [0.4, 0.5) is 0 Å². The molecule has 107 valence electrons. The van der Waals surface area contributed by atoms with Crippen LogP contribution in [-0.4, -0.2) is 64.6 Å². The molecule has 1 fully saturated rings. The minimum atomic E-state index is -4.51. The molecule has 0 saturated carbocycles. The predicted molar refractivity (Wildman–Crippen MR) is 53.4 cm³/mol. The van der Waals surface area contributed by atoms with Crippen molar-refractivity contribution in [2.24, 2.45) is 0 Å². The van der Waals surface area contributed by atoms with Crippen molar-refractivity contribution in [1.82, 2.24) is 0 Å². The number of rotatable bonds is 5. The van der Waals surface area contributed by atoms with Crippen LogP contribution in [0.3, 0.4) is 0 Å². The second kappa shape index (κ2) is 6.35. The fraction of sp³-hybridized carbons (Fsp3) is 1.00. The van der Waals surface area contributed by atoms with Gasteiger partial charge in [-0.15, -0.1) is 4.74 Å². The van der Waals surface area contributed by atoms with Gasteiger partial charge >= 0.3 is 14.1 Å². The standard InChI is InChI=1S/C7H16NO9P/c1-14-7-5(11)6(16-18(12,13)17-8)4(10)3(2-9)15-7/h3-7,9-11H,2H2,1,8H3/q+1/p+1/t3-,4+,5-,6+,7-/m1/s1. The number of hydrogen-bond donors (Lipinski definition) is 5. The Balaban J connectivity index is 2.87. The summed E-state index contributed by atoms with van der Waals surface area (Å²) in [5.74, 6) is 2.74. The van der Waals surface area contributed by atoms with Gasteiger partial charge in [0.2, 0.25) is 7.11 Å². The molecular weight excluding hydrogens is 273 g/mol. The van der Waals surface area contributed by atoms with Crippen molar-refractivity contribution in [3.63, 3.8) is 0 Å². The molecule has 18 heavy (non-hydrogen) atoms. The number of aliphatic hydroxyl groups is 3. The molecule has 1 rings (SSSR count). The molecule has 11 heteroatoms. The summed E-state index contributed by atoms with van der Waals surface area (Å²) in [4.78, 5) is 9.11. The minimum Gasteiger partial charge on any atom is -0.394 e. The molecule has 1 aliphatic rings. The Morgan fingerprint density at radius 3 is 2.50 bits per heavy atom. The van der Waals surface area contributed by atoms with Crippen LogP contribution in [0.2, 0.25) is 0 Å². The first kappa shape index (κ1) is 15.9. The summed E-state index contributed by atoms with van der Waals surface area (Å²) < 4.78 is 29.5. The molecule has 0 aromatic rings. The van der Waals surface area contributed by atoms with Gasteiger partial charge in [0.15, 0.2) is 6.10 Å². The summed E-state index contributed by atoms with van der Waals surface area (Å²) in [6.07, 6.45) is -6.96. The molecule has 0 aromatic heterocycles. The highest BCUT2D eigenvalue weighted by molar-refractivity contribution is 7.47. The maximum atomic E-state index is 11.2. The SMILES string of the molecule is C[O+][C@@H]1O[C@H](CO)[C@H](O)[C@H](OP(=O)(O)O[NH3+])[C@H]1O. The van der Waals surface area contributed by atoms with Gasteiger partial charge in [0.05, 0.1) is 6.61 Å². The largest absolute Gasteiger partial charge is 0.518 e. The molecule has 0 bridgehead atoms. The Morgan fingerprint density at radius 1 is 1.44 bits per heavy atom.